The van der Waals surface area contributed by atoms with E-state index in [2.05, 4.69) is 29.2 Å². The summed E-state index contributed by atoms with van der Waals surface area (Å²) in [6, 6.07) is 8.35. The summed E-state index contributed by atoms with van der Waals surface area (Å²) in [7, 11) is 5.94. The minimum atomic E-state index is 0.293. The van der Waals surface area contributed by atoms with E-state index >= 15 is 0 Å². The van der Waals surface area contributed by atoms with Crippen molar-refractivity contribution in [2.45, 2.75) is 19.4 Å². The van der Waals surface area contributed by atoms with Crippen LogP contribution >= 0.6 is 0 Å². The van der Waals surface area contributed by atoms with Crippen molar-refractivity contribution in [1.29, 1.82) is 0 Å². The summed E-state index contributed by atoms with van der Waals surface area (Å²) in [5, 5.41) is 0. The molecule has 1 aliphatic carbocycles. The van der Waals surface area contributed by atoms with Crippen LogP contribution in [-0.4, -0.2) is 32.0 Å². The van der Waals surface area contributed by atoms with Gasteiger partial charge in [0.1, 0.15) is 0 Å². The summed E-state index contributed by atoms with van der Waals surface area (Å²) in [4.78, 5) is 15.7. The Morgan fingerprint density at radius 1 is 1.18 bits per heavy atom. The fraction of sp³-hybridized carbons (Fsp3) is 0.500. The van der Waals surface area contributed by atoms with Crippen molar-refractivity contribution in [3.63, 3.8) is 0 Å². The maximum atomic E-state index is 11.8. The van der Waals surface area contributed by atoms with Crippen molar-refractivity contribution in [2.24, 2.45) is 5.92 Å². The highest BCUT2D eigenvalue weighted by Crippen LogP contribution is 2.31. The van der Waals surface area contributed by atoms with Gasteiger partial charge in [0.2, 0.25) is 5.91 Å². The lowest BCUT2D eigenvalue weighted by molar-refractivity contribution is -0.131. The smallest absolute Gasteiger partial charge is 0.225 e. The molecule has 0 N–H and O–H groups in total. The van der Waals surface area contributed by atoms with Gasteiger partial charge in [-0.2, -0.15) is 0 Å². The lowest BCUT2D eigenvalue weighted by Gasteiger charge is -2.18. The number of benzene rings is 1. The molecule has 92 valence electrons. The van der Waals surface area contributed by atoms with Crippen LogP contribution in [0.5, 0.6) is 0 Å². The Morgan fingerprint density at radius 3 is 2.24 bits per heavy atom. The first-order valence-corrected chi connectivity index (χ1v) is 6.09. The number of hydrogen-bond donors (Lipinski definition) is 0. The third-order valence-electron chi connectivity index (χ3n) is 3.18. The van der Waals surface area contributed by atoms with E-state index in [-0.39, 0.29) is 0 Å². The third-order valence-corrected chi connectivity index (χ3v) is 3.18. The predicted octanol–water partition coefficient (Wildman–Crippen LogP) is 2.12. The van der Waals surface area contributed by atoms with Crippen LogP contribution in [0, 0.1) is 5.92 Å². The summed E-state index contributed by atoms with van der Waals surface area (Å²) in [5.41, 5.74) is 2.37. The number of anilines is 1. The Labute approximate surface area is 103 Å². The normalized spacial score (nSPS) is 14.5. The minimum absolute atomic E-state index is 0.293. The molecule has 0 radical (unpaired) electrons. The molecule has 0 spiro atoms. The molecule has 1 fully saturated rings. The Kier molecular flexibility index (Phi) is 3.36. The average molecular weight is 232 g/mol. The zero-order chi connectivity index (χ0) is 12.4. The van der Waals surface area contributed by atoms with Gasteiger partial charge in [0.15, 0.2) is 0 Å². The molecule has 3 heteroatoms. The molecular formula is C14H20N2O. The van der Waals surface area contributed by atoms with E-state index in [0.29, 0.717) is 18.4 Å². The molecule has 0 heterocycles. The molecule has 1 aromatic carbocycles. The number of hydrogen-bond acceptors (Lipinski definition) is 2. The SMILES string of the molecule is CN(Cc1ccc(N(C)C)cc1)C(=O)C1CC1. The molecule has 0 bridgehead atoms. The summed E-state index contributed by atoms with van der Waals surface area (Å²) >= 11 is 0. The third kappa shape index (κ3) is 2.99. The van der Waals surface area contributed by atoms with Crippen molar-refractivity contribution < 1.29 is 4.79 Å². The number of nitrogens with zero attached hydrogens (tertiary/aromatic N) is 2. The van der Waals surface area contributed by atoms with Gasteiger partial charge in [-0.25, -0.2) is 0 Å². The Hall–Kier alpha value is -1.51. The molecule has 2 rings (SSSR count). The molecule has 0 aromatic heterocycles. The molecule has 1 saturated carbocycles. The molecule has 1 aromatic rings. The highest BCUT2D eigenvalue weighted by molar-refractivity contribution is 5.80. The van der Waals surface area contributed by atoms with Crippen LogP contribution < -0.4 is 4.90 Å². The molecular weight excluding hydrogens is 212 g/mol. The Morgan fingerprint density at radius 2 is 1.76 bits per heavy atom. The van der Waals surface area contributed by atoms with Gasteiger partial charge in [-0.3, -0.25) is 4.79 Å². The van der Waals surface area contributed by atoms with E-state index in [9.17, 15) is 4.79 Å². The zero-order valence-electron chi connectivity index (χ0n) is 10.8. The van der Waals surface area contributed by atoms with E-state index < -0.39 is 0 Å². The fourth-order valence-electron chi connectivity index (χ4n) is 1.89. The van der Waals surface area contributed by atoms with E-state index in [1.807, 2.05) is 26.0 Å². The maximum absolute atomic E-state index is 11.8. The van der Waals surface area contributed by atoms with Crippen LogP contribution in [0.3, 0.4) is 0 Å². The first-order chi connectivity index (χ1) is 8.08. The van der Waals surface area contributed by atoms with Crippen molar-refractivity contribution in [3.05, 3.63) is 29.8 Å². The molecule has 3 nitrogen and oxygen atoms in total. The minimum Gasteiger partial charge on any atom is -0.378 e. The van der Waals surface area contributed by atoms with Crippen molar-refractivity contribution in [1.82, 2.24) is 4.90 Å². The van der Waals surface area contributed by atoms with Crippen molar-refractivity contribution in [3.8, 4) is 0 Å². The molecule has 0 atom stereocenters. The number of rotatable bonds is 4. The van der Waals surface area contributed by atoms with Crippen molar-refractivity contribution in [2.75, 3.05) is 26.0 Å². The predicted molar refractivity (Wildman–Crippen MR) is 70.0 cm³/mol. The van der Waals surface area contributed by atoms with E-state index in [1.54, 1.807) is 0 Å². The number of amides is 1. The lowest BCUT2D eigenvalue weighted by Crippen LogP contribution is -2.27. The maximum Gasteiger partial charge on any atom is 0.225 e. The molecule has 0 aliphatic heterocycles. The lowest BCUT2D eigenvalue weighted by atomic mass is 10.2. The van der Waals surface area contributed by atoms with Crippen LogP contribution in [-0.2, 0) is 11.3 Å². The number of carbonyl (C=O) groups is 1. The topological polar surface area (TPSA) is 23.6 Å². The van der Waals surface area contributed by atoms with Crippen LogP contribution in [0.4, 0.5) is 5.69 Å². The van der Waals surface area contributed by atoms with Crippen LogP contribution in [0.1, 0.15) is 18.4 Å². The van der Waals surface area contributed by atoms with Gasteiger partial charge in [-0.15, -0.1) is 0 Å². The number of carbonyl (C=O) groups excluding carboxylic acids is 1. The van der Waals surface area contributed by atoms with Gasteiger partial charge in [0.05, 0.1) is 0 Å². The zero-order valence-corrected chi connectivity index (χ0v) is 10.8. The Bertz CT molecular complexity index is 393. The van der Waals surface area contributed by atoms with E-state index in [1.165, 1.54) is 11.3 Å². The largest absolute Gasteiger partial charge is 0.378 e. The quantitative estimate of drug-likeness (QED) is 0.794. The van der Waals surface area contributed by atoms with Crippen LogP contribution in [0.2, 0.25) is 0 Å². The van der Waals surface area contributed by atoms with Gasteiger partial charge in [0.25, 0.3) is 0 Å². The Balaban J connectivity index is 1.96. The van der Waals surface area contributed by atoms with Gasteiger partial charge in [-0.1, -0.05) is 12.1 Å². The molecule has 17 heavy (non-hydrogen) atoms. The fourth-order valence-corrected chi connectivity index (χ4v) is 1.89. The van der Waals surface area contributed by atoms with E-state index in [0.717, 1.165) is 12.8 Å². The molecule has 0 unspecified atom stereocenters. The van der Waals surface area contributed by atoms with Gasteiger partial charge < -0.3 is 9.80 Å². The summed E-state index contributed by atoms with van der Waals surface area (Å²) in [6.45, 7) is 0.711. The second-order valence-corrected chi connectivity index (χ2v) is 5.03. The second-order valence-electron chi connectivity index (χ2n) is 5.03. The van der Waals surface area contributed by atoms with Crippen molar-refractivity contribution >= 4 is 11.6 Å². The molecule has 1 amide bonds. The standard InChI is InChI=1S/C14H20N2O/c1-15(2)13-8-4-11(5-9-13)10-16(3)14(17)12-6-7-12/h4-5,8-9,12H,6-7,10H2,1-3H3. The van der Waals surface area contributed by atoms with Crippen LogP contribution in [0.25, 0.3) is 0 Å². The summed E-state index contributed by atoms with van der Waals surface area (Å²) < 4.78 is 0. The molecule has 0 saturated heterocycles. The summed E-state index contributed by atoms with van der Waals surface area (Å²) in [6.07, 6.45) is 2.14. The first kappa shape index (κ1) is 12.0. The summed E-state index contributed by atoms with van der Waals surface area (Å²) in [5.74, 6) is 0.600. The van der Waals surface area contributed by atoms with Gasteiger partial charge in [-0.05, 0) is 30.5 Å². The first-order valence-electron chi connectivity index (χ1n) is 6.09. The highest BCUT2D eigenvalue weighted by Gasteiger charge is 2.31. The van der Waals surface area contributed by atoms with Gasteiger partial charge in [0, 0.05) is 39.3 Å². The highest BCUT2D eigenvalue weighted by atomic mass is 16.2. The second kappa shape index (κ2) is 4.78. The van der Waals surface area contributed by atoms with Crippen LogP contribution in [0.15, 0.2) is 24.3 Å². The molecule has 1 aliphatic rings. The monoisotopic (exact) mass is 232 g/mol. The van der Waals surface area contributed by atoms with E-state index in [4.69, 9.17) is 0 Å². The average Bonchev–Trinajstić information content (AvgIpc) is 3.12. The van der Waals surface area contributed by atoms with Gasteiger partial charge >= 0.3 is 0 Å².